The summed E-state index contributed by atoms with van der Waals surface area (Å²) in [6.07, 6.45) is -0.885. The highest BCUT2D eigenvalue weighted by Gasteiger charge is 2.20. The van der Waals surface area contributed by atoms with Crippen molar-refractivity contribution in [2.45, 2.75) is 13.0 Å². The molecule has 0 saturated carbocycles. The van der Waals surface area contributed by atoms with Crippen LogP contribution in [0.3, 0.4) is 0 Å². The van der Waals surface area contributed by atoms with Crippen molar-refractivity contribution in [2.75, 3.05) is 27.2 Å². The molecule has 1 rings (SSSR count). The fraction of sp³-hybridized carbons (Fsp3) is 0.500. The molecule has 0 amide bonds. The Morgan fingerprint density at radius 3 is 2.42 bits per heavy atom. The first-order chi connectivity index (χ1) is 8.90. The summed E-state index contributed by atoms with van der Waals surface area (Å²) < 4.78 is 31.8. The molecule has 2 N–H and O–H groups in total. The first-order valence-corrected chi connectivity index (χ1v) is 7.37. The normalized spacial score (nSPS) is 13.5. The van der Waals surface area contributed by atoms with Crippen LogP contribution in [0.15, 0.2) is 24.3 Å². The Morgan fingerprint density at radius 2 is 1.95 bits per heavy atom. The zero-order valence-electron chi connectivity index (χ0n) is 11.3. The molecule has 0 aliphatic rings. The van der Waals surface area contributed by atoms with Gasteiger partial charge in [-0.05, 0) is 17.7 Å². The van der Waals surface area contributed by atoms with Gasteiger partial charge in [0, 0.05) is 20.1 Å². The number of nitrogens with one attached hydrogen (secondary N) is 1. The van der Waals surface area contributed by atoms with Gasteiger partial charge in [0.2, 0.25) is 0 Å². The van der Waals surface area contributed by atoms with Crippen LogP contribution in [0.4, 0.5) is 0 Å². The number of aliphatic hydroxyl groups is 1. The van der Waals surface area contributed by atoms with E-state index in [1.165, 1.54) is 7.05 Å². The molecule has 0 heterocycles. The maximum Gasteiger partial charge on any atom is 0.279 e. The Hall–Kier alpha value is -1.15. The minimum absolute atomic E-state index is 0.0122. The van der Waals surface area contributed by atoms with E-state index in [4.69, 9.17) is 4.74 Å². The first kappa shape index (κ1) is 15.9. The van der Waals surface area contributed by atoms with E-state index < -0.39 is 16.3 Å². The minimum Gasteiger partial charge on any atom is -0.497 e. The van der Waals surface area contributed by atoms with E-state index in [1.807, 2.05) is 0 Å². The van der Waals surface area contributed by atoms with Crippen LogP contribution in [0.2, 0.25) is 0 Å². The average molecular weight is 288 g/mol. The number of benzene rings is 1. The lowest BCUT2D eigenvalue weighted by atomic mass is 10.1. The Labute approximate surface area is 114 Å². The van der Waals surface area contributed by atoms with Crippen LogP contribution in [0.25, 0.3) is 0 Å². The maximum absolute atomic E-state index is 11.7. The molecule has 0 aromatic heterocycles. The molecular formula is C12H20N2O4S. The molecule has 0 radical (unpaired) electrons. The first-order valence-electron chi connectivity index (χ1n) is 5.93. The largest absolute Gasteiger partial charge is 0.497 e. The fourth-order valence-corrected chi connectivity index (χ4v) is 2.49. The second kappa shape index (κ2) is 6.85. The smallest absolute Gasteiger partial charge is 0.279 e. The molecule has 108 valence electrons. The van der Waals surface area contributed by atoms with Gasteiger partial charge in [-0.25, -0.2) is 4.72 Å². The molecular weight excluding hydrogens is 268 g/mol. The van der Waals surface area contributed by atoms with Crippen LogP contribution < -0.4 is 9.46 Å². The zero-order valence-corrected chi connectivity index (χ0v) is 12.1. The van der Waals surface area contributed by atoms with Crippen LogP contribution in [-0.2, 0) is 10.2 Å². The van der Waals surface area contributed by atoms with E-state index in [2.05, 4.69) is 4.72 Å². The summed E-state index contributed by atoms with van der Waals surface area (Å²) in [4.78, 5) is 0. The fourth-order valence-electron chi connectivity index (χ4n) is 1.57. The summed E-state index contributed by atoms with van der Waals surface area (Å²) in [5.74, 6) is 0.685. The van der Waals surface area contributed by atoms with Gasteiger partial charge in [0.05, 0.1) is 13.2 Å². The van der Waals surface area contributed by atoms with Crippen molar-refractivity contribution in [3.63, 3.8) is 0 Å². The van der Waals surface area contributed by atoms with Crippen molar-refractivity contribution in [3.8, 4) is 5.75 Å². The van der Waals surface area contributed by atoms with E-state index >= 15 is 0 Å². The quantitative estimate of drug-likeness (QED) is 0.766. The highest BCUT2D eigenvalue weighted by molar-refractivity contribution is 7.87. The molecule has 1 atom stereocenters. The van der Waals surface area contributed by atoms with Crippen LogP contribution in [0, 0.1) is 0 Å². The van der Waals surface area contributed by atoms with Crippen LogP contribution in [-0.4, -0.2) is 45.1 Å². The predicted octanol–water partition coefficient (Wildman–Crippen LogP) is 0.515. The Kier molecular flexibility index (Phi) is 5.74. The van der Waals surface area contributed by atoms with Crippen molar-refractivity contribution in [1.82, 2.24) is 9.03 Å². The van der Waals surface area contributed by atoms with Crippen molar-refractivity contribution in [3.05, 3.63) is 29.8 Å². The maximum atomic E-state index is 11.7. The zero-order chi connectivity index (χ0) is 14.5. The summed E-state index contributed by atoms with van der Waals surface area (Å²) in [5, 5.41) is 10.0. The summed E-state index contributed by atoms with van der Waals surface area (Å²) in [6, 6.07) is 6.85. The molecule has 0 aliphatic heterocycles. The molecule has 19 heavy (non-hydrogen) atoms. The molecule has 0 aliphatic carbocycles. The Morgan fingerprint density at radius 1 is 1.37 bits per heavy atom. The lowest BCUT2D eigenvalue weighted by Gasteiger charge is -2.20. The third kappa shape index (κ3) is 4.46. The third-order valence-electron chi connectivity index (χ3n) is 2.67. The molecule has 0 saturated heterocycles. The highest BCUT2D eigenvalue weighted by Crippen LogP contribution is 2.18. The highest BCUT2D eigenvalue weighted by atomic mass is 32.2. The van der Waals surface area contributed by atoms with E-state index in [-0.39, 0.29) is 6.54 Å². The molecule has 7 heteroatoms. The minimum atomic E-state index is -3.53. The van der Waals surface area contributed by atoms with E-state index in [9.17, 15) is 13.5 Å². The number of aliphatic hydroxyl groups excluding tert-OH is 1. The lowest BCUT2D eigenvalue weighted by Crippen LogP contribution is -2.40. The van der Waals surface area contributed by atoms with Gasteiger partial charge >= 0.3 is 0 Å². The molecule has 0 bridgehead atoms. The topological polar surface area (TPSA) is 78.9 Å². The summed E-state index contributed by atoms with van der Waals surface area (Å²) in [5.41, 5.74) is 0.638. The predicted molar refractivity (Wildman–Crippen MR) is 73.2 cm³/mol. The van der Waals surface area contributed by atoms with Gasteiger partial charge in [-0.1, -0.05) is 19.1 Å². The molecule has 0 spiro atoms. The second-order valence-corrected chi connectivity index (χ2v) is 5.93. The van der Waals surface area contributed by atoms with Crippen molar-refractivity contribution in [1.29, 1.82) is 0 Å². The van der Waals surface area contributed by atoms with Crippen LogP contribution in [0.5, 0.6) is 5.75 Å². The molecule has 6 nitrogen and oxygen atoms in total. The summed E-state index contributed by atoms with van der Waals surface area (Å²) in [7, 11) is -0.548. The van der Waals surface area contributed by atoms with Gasteiger partial charge in [-0.15, -0.1) is 0 Å². The Balaban J connectivity index is 2.70. The van der Waals surface area contributed by atoms with Gasteiger partial charge in [0.1, 0.15) is 5.75 Å². The molecule has 1 unspecified atom stereocenters. The SMILES string of the molecule is CCNS(=O)(=O)N(C)CC(O)c1ccc(OC)cc1. The van der Waals surface area contributed by atoms with Gasteiger partial charge in [-0.3, -0.25) is 0 Å². The van der Waals surface area contributed by atoms with Crippen molar-refractivity contribution < 1.29 is 18.3 Å². The number of methoxy groups -OCH3 is 1. The number of hydrogen-bond acceptors (Lipinski definition) is 4. The van der Waals surface area contributed by atoms with Gasteiger partial charge in [-0.2, -0.15) is 12.7 Å². The standard InChI is InChI=1S/C12H20N2O4S/c1-4-13-19(16,17)14(2)9-12(15)10-5-7-11(18-3)8-6-10/h5-8,12-13,15H,4,9H2,1-3H3. The molecule has 1 aromatic carbocycles. The third-order valence-corrected chi connectivity index (χ3v) is 4.29. The Bertz CT molecular complexity index is 487. The number of ether oxygens (including phenoxy) is 1. The van der Waals surface area contributed by atoms with E-state index in [1.54, 1.807) is 38.3 Å². The molecule has 0 fully saturated rings. The monoisotopic (exact) mass is 288 g/mol. The van der Waals surface area contributed by atoms with E-state index in [0.717, 1.165) is 4.31 Å². The van der Waals surface area contributed by atoms with Gasteiger partial charge in [0.15, 0.2) is 0 Å². The number of likely N-dealkylation sites (N-methyl/N-ethyl adjacent to an activating group) is 1. The van der Waals surface area contributed by atoms with E-state index in [0.29, 0.717) is 17.9 Å². The van der Waals surface area contributed by atoms with Gasteiger partial charge < -0.3 is 9.84 Å². The summed E-state index contributed by atoms with van der Waals surface area (Å²) in [6.45, 7) is 2.00. The number of nitrogens with zero attached hydrogens (tertiary/aromatic N) is 1. The van der Waals surface area contributed by atoms with Gasteiger partial charge in [0.25, 0.3) is 10.2 Å². The average Bonchev–Trinajstić information content (AvgIpc) is 2.38. The van der Waals surface area contributed by atoms with Crippen molar-refractivity contribution in [2.24, 2.45) is 0 Å². The second-order valence-electron chi connectivity index (χ2n) is 4.07. The van der Waals surface area contributed by atoms with Crippen LogP contribution >= 0.6 is 0 Å². The number of hydrogen-bond donors (Lipinski definition) is 2. The number of rotatable bonds is 7. The van der Waals surface area contributed by atoms with Crippen molar-refractivity contribution >= 4 is 10.2 Å². The lowest BCUT2D eigenvalue weighted by molar-refractivity contribution is 0.154. The van der Waals surface area contributed by atoms with Crippen LogP contribution in [0.1, 0.15) is 18.6 Å². The molecule has 1 aromatic rings. The summed E-state index contributed by atoms with van der Waals surface area (Å²) >= 11 is 0.